The van der Waals surface area contributed by atoms with Crippen molar-refractivity contribution < 1.29 is 15.0 Å². The lowest BCUT2D eigenvalue weighted by Crippen LogP contribution is -2.08. The second-order valence-corrected chi connectivity index (χ2v) is 2.91. The molecule has 1 aromatic carbocycles. The minimum Gasteiger partial charge on any atom is -0.481 e. The van der Waals surface area contributed by atoms with E-state index in [1.54, 1.807) is 18.2 Å². The molecule has 5 nitrogen and oxygen atoms in total. The third kappa shape index (κ3) is 2.72. The number of benzene rings is 1. The lowest BCUT2D eigenvalue weighted by atomic mass is 10.1. The fraction of sp³-hybridized carbons (Fsp3) is 0.222. The molecule has 76 valence electrons. The van der Waals surface area contributed by atoms with E-state index in [0.717, 1.165) is 0 Å². The molecule has 1 rings (SSSR count). The number of hydrogen-bond donors (Lipinski definition) is 4. The predicted molar refractivity (Wildman–Crippen MR) is 51.5 cm³/mol. The van der Waals surface area contributed by atoms with Gasteiger partial charge in [-0.1, -0.05) is 6.07 Å². The Balaban J connectivity index is 2.98. The molecule has 1 aromatic rings. The van der Waals surface area contributed by atoms with Crippen molar-refractivity contribution in [1.82, 2.24) is 0 Å². The molecule has 0 aliphatic heterocycles. The monoisotopic (exact) mass is 196 g/mol. The van der Waals surface area contributed by atoms with E-state index in [1.807, 2.05) is 0 Å². The lowest BCUT2D eigenvalue weighted by Gasteiger charge is -2.06. The van der Waals surface area contributed by atoms with Gasteiger partial charge in [-0.3, -0.25) is 10.6 Å². The molecule has 0 atom stereocenters. The second-order valence-electron chi connectivity index (χ2n) is 2.91. The first-order valence-electron chi connectivity index (χ1n) is 4.08. The van der Waals surface area contributed by atoms with Crippen LogP contribution in [0.25, 0.3) is 0 Å². The fourth-order valence-electron chi connectivity index (χ4n) is 1.21. The Labute approximate surface area is 81.1 Å². The summed E-state index contributed by atoms with van der Waals surface area (Å²) in [5.74, 6) is 4.28. The van der Waals surface area contributed by atoms with Crippen LogP contribution in [0.1, 0.15) is 11.1 Å². The summed E-state index contributed by atoms with van der Waals surface area (Å²) < 4.78 is 0. The first-order chi connectivity index (χ1) is 6.65. The van der Waals surface area contributed by atoms with Crippen LogP contribution < -0.4 is 11.3 Å². The number of nitrogens with one attached hydrogen (secondary N) is 1. The van der Waals surface area contributed by atoms with E-state index in [1.165, 1.54) is 0 Å². The average molecular weight is 196 g/mol. The number of aliphatic hydroxyl groups excluding tert-OH is 1. The van der Waals surface area contributed by atoms with Crippen LogP contribution >= 0.6 is 0 Å². The summed E-state index contributed by atoms with van der Waals surface area (Å²) >= 11 is 0. The van der Waals surface area contributed by atoms with Gasteiger partial charge in [-0.25, -0.2) is 0 Å². The average Bonchev–Trinajstić information content (AvgIpc) is 2.16. The van der Waals surface area contributed by atoms with Crippen molar-refractivity contribution >= 4 is 11.7 Å². The zero-order valence-corrected chi connectivity index (χ0v) is 7.53. The quantitative estimate of drug-likeness (QED) is 0.404. The number of nitrogens with two attached hydrogens (primary N) is 1. The number of aliphatic carboxylic acids is 1. The van der Waals surface area contributed by atoms with Crippen molar-refractivity contribution in [3.8, 4) is 0 Å². The maximum atomic E-state index is 10.5. The molecule has 0 radical (unpaired) electrons. The Hall–Kier alpha value is -1.59. The van der Waals surface area contributed by atoms with Gasteiger partial charge in [-0.2, -0.15) is 0 Å². The Morgan fingerprint density at radius 3 is 2.50 bits per heavy atom. The van der Waals surface area contributed by atoms with Crippen molar-refractivity contribution in [3.63, 3.8) is 0 Å². The summed E-state index contributed by atoms with van der Waals surface area (Å²) in [6.07, 6.45) is -0.0808. The smallest absolute Gasteiger partial charge is 0.307 e. The van der Waals surface area contributed by atoms with Crippen molar-refractivity contribution in [2.24, 2.45) is 5.84 Å². The zero-order valence-electron chi connectivity index (χ0n) is 7.53. The minimum atomic E-state index is -0.914. The van der Waals surface area contributed by atoms with Crippen molar-refractivity contribution in [2.45, 2.75) is 13.0 Å². The Morgan fingerprint density at radius 1 is 1.36 bits per heavy atom. The summed E-state index contributed by atoms with van der Waals surface area (Å²) in [6.45, 7) is -0.137. The van der Waals surface area contributed by atoms with Crippen LogP contribution in [-0.4, -0.2) is 16.2 Å². The SMILES string of the molecule is NNc1cc(CO)cc(CC(=O)O)c1. The van der Waals surface area contributed by atoms with E-state index in [4.69, 9.17) is 16.1 Å². The number of carboxylic acid groups (broad SMARTS) is 1. The number of rotatable bonds is 4. The van der Waals surface area contributed by atoms with Crippen LogP contribution in [0.15, 0.2) is 18.2 Å². The zero-order chi connectivity index (χ0) is 10.6. The van der Waals surface area contributed by atoms with E-state index < -0.39 is 5.97 Å². The first-order valence-corrected chi connectivity index (χ1v) is 4.08. The largest absolute Gasteiger partial charge is 0.481 e. The molecule has 0 aliphatic rings. The van der Waals surface area contributed by atoms with Crippen LogP contribution in [-0.2, 0) is 17.8 Å². The fourth-order valence-corrected chi connectivity index (χ4v) is 1.21. The molecular weight excluding hydrogens is 184 g/mol. The highest BCUT2D eigenvalue weighted by atomic mass is 16.4. The standard InChI is InChI=1S/C9H12N2O3/c10-11-8-2-6(4-9(13)14)1-7(3-8)5-12/h1-3,11-12H,4-5,10H2,(H,13,14). The van der Waals surface area contributed by atoms with Crippen LogP contribution in [0.5, 0.6) is 0 Å². The molecule has 0 heterocycles. The number of hydrogen-bond acceptors (Lipinski definition) is 4. The molecule has 0 spiro atoms. The highest BCUT2D eigenvalue weighted by Crippen LogP contribution is 2.14. The van der Waals surface area contributed by atoms with E-state index in [9.17, 15) is 4.79 Å². The number of hydrazine groups is 1. The topological polar surface area (TPSA) is 95.6 Å². The molecule has 5 N–H and O–H groups in total. The molecular formula is C9H12N2O3. The van der Waals surface area contributed by atoms with Gasteiger partial charge in [0.05, 0.1) is 13.0 Å². The number of carbonyl (C=O) groups is 1. The molecule has 0 saturated heterocycles. The molecule has 14 heavy (non-hydrogen) atoms. The first kappa shape index (κ1) is 10.5. The third-order valence-corrected chi connectivity index (χ3v) is 1.76. The third-order valence-electron chi connectivity index (χ3n) is 1.76. The molecule has 0 bridgehead atoms. The molecule has 0 amide bonds. The highest BCUT2D eigenvalue weighted by molar-refractivity contribution is 5.71. The molecule has 0 aliphatic carbocycles. The van der Waals surface area contributed by atoms with E-state index >= 15 is 0 Å². The van der Waals surface area contributed by atoms with Gasteiger partial charge >= 0.3 is 5.97 Å². The Morgan fingerprint density at radius 2 is 2.00 bits per heavy atom. The molecule has 0 saturated carbocycles. The molecule has 5 heteroatoms. The number of carboxylic acids is 1. The maximum Gasteiger partial charge on any atom is 0.307 e. The van der Waals surface area contributed by atoms with E-state index in [0.29, 0.717) is 16.8 Å². The van der Waals surface area contributed by atoms with Crippen molar-refractivity contribution in [1.29, 1.82) is 0 Å². The van der Waals surface area contributed by atoms with Gasteiger partial charge in [-0.15, -0.1) is 0 Å². The predicted octanol–water partition coefficient (Wildman–Crippen LogP) is 0.0916. The van der Waals surface area contributed by atoms with Crippen LogP contribution in [0.2, 0.25) is 0 Å². The van der Waals surface area contributed by atoms with Gasteiger partial charge in [0.15, 0.2) is 0 Å². The van der Waals surface area contributed by atoms with Gasteiger partial charge in [0.1, 0.15) is 0 Å². The van der Waals surface area contributed by atoms with Crippen molar-refractivity contribution in [2.75, 3.05) is 5.43 Å². The second kappa shape index (κ2) is 4.59. The van der Waals surface area contributed by atoms with Gasteiger partial charge in [0.25, 0.3) is 0 Å². The Kier molecular flexibility index (Phi) is 3.44. The normalized spacial score (nSPS) is 9.86. The summed E-state index contributed by atoms with van der Waals surface area (Å²) in [5.41, 5.74) is 4.25. The number of anilines is 1. The number of aliphatic hydroxyl groups is 1. The summed E-state index contributed by atoms with van der Waals surface area (Å²) in [4.78, 5) is 10.5. The summed E-state index contributed by atoms with van der Waals surface area (Å²) in [5, 5.41) is 17.5. The van der Waals surface area contributed by atoms with Gasteiger partial charge in [0, 0.05) is 5.69 Å². The molecule has 0 unspecified atom stereocenters. The van der Waals surface area contributed by atoms with Gasteiger partial charge in [-0.05, 0) is 23.3 Å². The Bertz CT molecular complexity index is 317. The number of nitrogen functional groups attached to an aromatic ring is 1. The minimum absolute atomic E-state index is 0.0808. The van der Waals surface area contributed by atoms with Crippen LogP contribution in [0, 0.1) is 0 Å². The van der Waals surface area contributed by atoms with Crippen LogP contribution in [0.4, 0.5) is 5.69 Å². The van der Waals surface area contributed by atoms with Crippen LogP contribution in [0.3, 0.4) is 0 Å². The molecule has 0 fully saturated rings. The summed E-state index contributed by atoms with van der Waals surface area (Å²) in [6, 6.07) is 4.92. The maximum absolute atomic E-state index is 10.5. The lowest BCUT2D eigenvalue weighted by molar-refractivity contribution is -0.136. The summed E-state index contributed by atoms with van der Waals surface area (Å²) in [7, 11) is 0. The molecule has 0 aromatic heterocycles. The van der Waals surface area contributed by atoms with Gasteiger partial charge < -0.3 is 15.6 Å². The highest BCUT2D eigenvalue weighted by Gasteiger charge is 2.03. The van der Waals surface area contributed by atoms with E-state index in [2.05, 4.69) is 5.43 Å². The van der Waals surface area contributed by atoms with Crippen molar-refractivity contribution in [3.05, 3.63) is 29.3 Å². The van der Waals surface area contributed by atoms with Gasteiger partial charge in [0.2, 0.25) is 0 Å². The van der Waals surface area contributed by atoms with E-state index in [-0.39, 0.29) is 13.0 Å².